The predicted molar refractivity (Wildman–Crippen MR) is 80.6 cm³/mol. The lowest BCUT2D eigenvalue weighted by Crippen LogP contribution is -2.39. The summed E-state index contributed by atoms with van der Waals surface area (Å²) in [4.78, 5) is 24.3. The van der Waals surface area contributed by atoms with E-state index in [1.807, 2.05) is 12.2 Å². The van der Waals surface area contributed by atoms with Crippen molar-refractivity contribution in [1.82, 2.24) is 5.32 Å². The summed E-state index contributed by atoms with van der Waals surface area (Å²) in [7, 11) is 0. The molecule has 0 aromatic heterocycles. The van der Waals surface area contributed by atoms with Crippen molar-refractivity contribution in [3.05, 3.63) is 47.8 Å². The van der Waals surface area contributed by atoms with E-state index in [-0.39, 0.29) is 35.5 Å². The summed E-state index contributed by atoms with van der Waals surface area (Å²) in [6, 6.07) is 5.93. The quantitative estimate of drug-likeness (QED) is 0.838. The molecule has 3 aliphatic carbocycles. The SMILES string of the molecule is O=C(NCc1ccc(F)cc1)[C@@H]1[C@H](C(=O)O)[C@H]2C=C[C@H]1C21CC1. The summed E-state index contributed by atoms with van der Waals surface area (Å²) < 4.78 is 12.9. The number of carboxylic acid groups (broad SMARTS) is 1. The Kier molecular flexibility index (Phi) is 3.08. The van der Waals surface area contributed by atoms with E-state index in [1.54, 1.807) is 12.1 Å². The van der Waals surface area contributed by atoms with Crippen molar-refractivity contribution in [2.45, 2.75) is 19.4 Å². The van der Waals surface area contributed by atoms with Crippen LogP contribution in [-0.2, 0) is 16.1 Å². The number of amides is 1. The molecular formula is C18H18FNO3. The van der Waals surface area contributed by atoms with Gasteiger partial charge in [0.25, 0.3) is 0 Å². The smallest absolute Gasteiger partial charge is 0.307 e. The molecule has 4 atom stereocenters. The van der Waals surface area contributed by atoms with Gasteiger partial charge in [0.15, 0.2) is 0 Å². The van der Waals surface area contributed by atoms with Gasteiger partial charge < -0.3 is 10.4 Å². The molecule has 2 saturated carbocycles. The molecule has 0 saturated heterocycles. The van der Waals surface area contributed by atoms with Gasteiger partial charge in [0.2, 0.25) is 5.91 Å². The Morgan fingerprint density at radius 3 is 2.30 bits per heavy atom. The van der Waals surface area contributed by atoms with E-state index in [4.69, 9.17) is 0 Å². The van der Waals surface area contributed by atoms with Gasteiger partial charge in [-0.3, -0.25) is 9.59 Å². The molecular weight excluding hydrogens is 297 g/mol. The molecule has 2 N–H and O–H groups in total. The number of benzene rings is 1. The average Bonchev–Trinajstić information content (AvgIpc) is 3.20. The lowest BCUT2D eigenvalue weighted by Gasteiger charge is -2.23. The van der Waals surface area contributed by atoms with Crippen molar-refractivity contribution >= 4 is 11.9 Å². The van der Waals surface area contributed by atoms with E-state index in [2.05, 4.69) is 5.32 Å². The minimum Gasteiger partial charge on any atom is -0.481 e. The first kappa shape index (κ1) is 14.4. The Balaban J connectivity index is 1.50. The molecule has 1 amide bonds. The number of aliphatic carboxylic acids is 1. The van der Waals surface area contributed by atoms with Crippen LogP contribution in [-0.4, -0.2) is 17.0 Å². The Hall–Kier alpha value is -2.17. The molecule has 1 aromatic rings. The Bertz CT molecular complexity index is 693. The molecule has 4 nitrogen and oxygen atoms in total. The molecule has 5 heteroatoms. The predicted octanol–water partition coefficient (Wildman–Crippen LogP) is 2.35. The van der Waals surface area contributed by atoms with Gasteiger partial charge in [-0.2, -0.15) is 0 Å². The second-order valence-electron chi connectivity index (χ2n) is 6.90. The summed E-state index contributed by atoms with van der Waals surface area (Å²) in [5.41, 5.74) is 0.826. The van der Waals surface area contributed by atoms with Gasteiger partial charge in [-0.15, -0.1) is 0 Å². The number of nitrogens with one attached hydrogen (secondary N) is 1. The minimum atomic E-state index is -0.880. The standard InChI is InChI=1S/C18H18FNO3/c19-11-3-1-10(2-4-11)9-20-16(21)14-12-5-6-13(15(14)17(22)23)18(12)7-8-18/h1-6,12-15H,7-9H2,(H,20,21)(H,22,23)/t12-,13-,14+,15-/m1/s1. The van der Waals surface area contributed by atoms with Gasteiger partial charge in [-0.25, -0.2) is 4.39 Å². The van der Waals surface area contributed by atoms with Gasteiger partial charge in [0.1, 0.15) is 5.82 Å². The van der Waals surface area contributed by atoms with Crippen LogP contribution in [0, 0.1) is 34.9 Å². The first-order valence-electron chi connectivity index (χ1n) is 7.96. The minimum absolute atomic E-state index is 0.00780. The highest BCUT2D eigenvalue weighted by molar-refractivity contribution is 5.87. The largest absolute Gasteiger partial charge is 0.481 e. The van der Waals surface area contributed by atoms with Crippen LogP contribution in [0.25, 0.3) is 0 Å². The van der Waals surface area contributed by atoms with Crippen LogP contribution in [0.5, 0.6) is 0 Å². The number of carbonyl (C=O) groups is 2. The van der Waals surface area contributed by atoms with Crippen LogP contribution >= 0.6 is 0 Å². The lowest BCUT2D eigenvalue weighted by atomic mass is 9.82. The molecule has 2 fully saturated rings. The van der Waals surface area contributed by atoms with Gasteiger partial charge in [0.05, 0.1) is 11.8 Å². The van der Waals surface area contributed by atoms with E-state index >= 15 is 0 Å². The van der Waals surface area contributed by atoms with E-state index in [0.29, 0.717) is 0 Å². The third-order valence-electron chi connectivity index (χ3n) is 5.81. The number of hydrogen-bond acceptors (Lipinski definition) is 2. The molecule has 0 heterocycles. The molecule has 120 valence electrons. The van der Waals surface area contributed by atoms with Crippen LogP contribution in [0.1, 0.15) is 18.4 Å². The number of hydrogen-bond donors (Lipinski definition) is 2. The van der Waals surface area contributed by atoms with E-state index < -0.39 is 17.8 Å². The molecule has 1 aromatic carbocycles. The molecule has 2 bridgehead atoms. The second kappa shape index (κ2) is 4.91. The van der Waals surface area contributed by atoms with Crippen LogP contribution < -0.4 is 5.32 Å². The highest BCUT2D eigenvalue weighted by Crippen LogP contribution is 2.71. The van der Waals surface area contributed by atoms with Gasteiger partial charge in [-0.1, -0.05) is 24.3 Å². The monoisotopic (exact) mass is 315 g/mol. The zero-order chi connectivity index (χ0) is 16.2. The highest BCUT2D eigenvalue weighted by Gasteiger charge is 2.69. The third-order valence-corrected chi connectivity index (χ3v) is 5.81. The number of carbonyl (C=O) groups excluding carboxylic acids is 1. The summed E-state index contributed by atoms with van der Waals surface area (Å²) in [6.45, 7) is 0.288. The second-order valence-corrected chi connectivity index (χ2v) is 6.90. The lowest BCUT2D eigenvalue weighted by molar-refractivity contribution is -0.147. The van der Waals surface area contributed by atoms with Gasteiger partial charge >= 0.3 is 5.97 Å². The summed E-state index contributed by atoms with van der Waals surface area (Å²) in [5.74, 6) is -2.49. The highest BCUT2D eigenvalue weighted by atomic mass is 19.1. The molecule has 4 rings (SSSR count). The summed E-state index contributed by atoms with van der Waals surface area (Å²) >= 11 is 0. The third kappa shape index (κ3) is 2.10. The average molecular weight is 315 g/mol. The molecule has 0 unspecified atom stereocenters. The normalized spacial score (nSPS) is 32.2. The van der Waals surface area contributed by atoms with Crippen LogP contribution in [0.2, 0.25) is 0 Å². The molecule has 23 heavy (non-hydrogen) atoms. The zero-order valence-corrected chi connectivity index (χ0v) is 12.5. The van der Waals surface area contributed by atoms with Crippen molar-refractivity contribution < 1.29 is 19.1 Å². The Morgan fingerprint density at radius 1 is 1.13 bits per heavy atom. The topological polar surface area (TPSA) is 66.4 Å². The first-order chi connectivity index (χ1) is 11.0. The fourth-order valence-corrected chi connectivity index (χ4v) is 4.60. The number of carboxylic acids is 1. The summed E-state index contributed by atoms with van der Waals surface area (Å²) in [6.07, 6.45) is 6.07. The van der Waals surface area contributed by atoms with Crippen molar-refractivity contribution in [2.24, 2.45) is 29.1 Å². The van der Waals surface area contributed by atoms with Crippen LogP contribution in [0.3, 0.4) is 0 Å². The number of allylic oxidation sites excluding steroid dienone is 2. The van der Waals surface area contributed by atoms with E-state index in [1.165, 1.54) is 12.1 Å². The number of rotatable bonds is 4. The van der Waals surface area contributed by atoms with Crippen molar-refractivity contribution in [3.8, 4) is 0 Å². The fraction of sp³-hybridized carbons (Fsp3) is 0.444. The van der Waals surface area contributed by atoms with Gasteiger partial charge in [0, 0.05) is 6.54 Å². The maximum absolute atomic E-state index is 12.9. The van der Waals surface area contributed by atoms with Crippen molar-refractivity contribution in [1.29, 1.82) is 0 Å². The number of halogens is 1. The van der Waals surface area contributed by atoms with Crippen molar-refractivity contribution in [2.75, 3.05) is 0 Å². The molecule has 1 spiro atoms. The molecule has 0 aliphatic heterocycles. The Morgan fingerprint density at radius 2 is 1.74 bits per heavy atom. The molecule has 0 radical (unpaired) electrons. The fourth-order valence-electron chi connectivity index (χ4n) is 4.60. The van der Waals surface area contributed by atoms with Crippen molar-refractivity contribution in [3.63, 3.8) is 0 Å². The van der Waals surface area contributed by atoms with Gasteiger partial charge in [-0.05, 0) is 47.8 Å². The van der Waals surface area contributed by atoms with E-state index in [9.17, 15) is 19.1 Å². The molecule has 3 aliphatic rings. The summed E-state index contributed by atoms with van der Waals surface area (Å²) in [5, 5.41) is 12.4. The van der Waals surface area contributed by atoms with Crippen LogP contribution in [0.15, 0.2) is 36.4 Å². The zero-order valence-electron chi connectivity index (χ0n) is 12.5. The van der Waals surface area contributed by atoms with E-state index in [0.717, 1.165) is 18.4 Å². The maximum Gasteiger partial charge on any atom is 0.307 e. The maximum atomic E-state index is 12.9. The Labute approximate surface area is 133 Å². The van der Waals surface area contributed by atoms with Crippen LogP contribution in [0.4, 0.5) is 4.39 Å². The first-order valence-corrected chi connectivity index (χ1v) is 7.96.